The number of benzene rings is 1. The summed E-state index contributed by atoms with van der Waals surface area (Å²) in [6.07, 6.45) is 1.32. The zero-order valence-electron chi connectivity index (χ0n) is 11.2. The highest BCUT2D eigenvalue weighted by Crippen LogP contribution is 2.43. The zero-order chi connectivity index (χ0) is 13.3. The molecular formula is C14H20N2O2. The van der Waals surface area contributed by atoms with Crippen LogP contribution in [-0.2, 0) is 4.79 Å². The largest absolute Gasteiger partial charge is 0.475 e. The first-order valence-electron chi connectivity index (χ1n) is 6.49. The van der Waals surface area contributed by atoms with Gasteiger partial charge in [-0.1, -0.05) is 19.9 Å². The minimum Gasteiger partial charge on any atom is -0.475 e. The molecule has 98 valence electrons. The molecule has 4 heteroatoms. The second kappa shape index (κ2) is 4.52. The summed E-state index contributed by atoms with van der Waals surface area (Å²) in [7, 11) is 0. The Balaban J connectivity index is 2.59. The number of hydrogen-bond donors (Lipinski definition) is 1. The van der Waals surface area contributed by atoms with Crippen molar-refractivity contribution in [1.29, 1.82) is 0 Å². The fourth-order valence-corrected chi connectivity index (χ4v) is 2.51. The summed E-state index contributed by atoms with van der Waals surface area (Å²) in [5.41, 5.74) is 6.53. The maximum atomic E-state index is 12.6. The first-order chi connectivity index (χ1) is 8.59. The molecule has 4 nitrogen and oxygen atoms in total. The number of fused-ring (bicyclic) bond motifs is 1. The van der Waals surface area contributed by atoms with Crippen molar-refractivity contribution in [3.63, 3.8) is 0 Å². The first-order valence-corrected chi connectivity index (χ1v) is 6.49. The molecule has 0 aliphatic carbocycles. The summed E-state index contributed by atoms with van der Waals surface area (Å²) in [5, 5.41) is 0. The minimum absolute atomic E-state index is 0.0143. The molecule has 1 aliphatic heterocycles. The van der Waals surface area contributed by atoms with Gasteiger partial charge in [0.2, 0.25) is 0 Å². The zero-order valence-corrected chi connectivity index (χ0v) is 11.2. The van der Waals surface area contributed by atoms with Crippen LogP contribution in [0.15, 0.2) is 18.2 Å². The molecule has 0 radical (unpaired) electrons. The molecule has 1 heterocycles. The molecule has 0 fully saturated rings. The van der Waals surface area contributed by atoms with E-state index in [4.69, 9.17) is 10.5 Å². The van der Waals surface area contributed by atoms with Crippen LogP contribution in [0.5, 0.6) is 5.75 Å². The highest BCUT2D eigenvalue weighted by Gasteiger charge is 2.45. The molecule has 2 rings (SSSR count). The van der Waals surface area contributed by atoms with Crippen LogP contribution in [0.4, 0.5) is 11.4 Å². The Kier molecular flexibility index (Phi) is 3.20. The molecule has 0 unspecified atom stereocenters. The van der Waals surface area contributed by atoms with E-state index >= 15 is 0 Å². The standard InChI is InChI=1S/C14H20N2O2/c1-4-14(5-2)13(17)16(6-3)12-10(15)8-7-9-11(12)18-14/h7-9H,4-6,15H2,1-3H3. The molecule has 1 amide bonds. The van der Waals surface area contributed by atoms with Crippen molar-refractivity contribution in [2.24, 2.45) is 0 Å². The average molecular weight is 248 g/mol. The molecule has 0 atom stereocenters. The summed E-state index contributed by atoms with van der Waals surface area (Å²) in [4.78, 5) is 14.3. The van der Waals surface area contributed by atoms with Crippen molar-refractivity contribution in [2.45, 2.75) is 39.2 Å². The topological polar surface area (TPSA) is 55.6 Å². The second-order valence-corrected chi connectivity index (χ2v) is 4.55. The third kappa shape index (κ3) is 1.64. The van der Waals surface area contributed by atoms with E-state index in [1.165, 1.54) is 0 Å². The van der Waals surface area contributed by atoms with Gasteiger partial charge in [0, 0.05) is 6.54 Å². The van der Waals surface area contributed by atoms with Crippen molar-refractivity contribution < 1.29 is 9.53 Å². The molecule has 0 saturated carbocycles. The minimum atomic E-state index is -0.739. The molecule has 2 N–H and O–H groups in total. The van der Waals surface area contributed by atoms with Crippen molar-refractivity contribution in [3.8, 4) is 5.75 Å². The average Bonchev–Trinajstić information content (AvgIpc) is 2.39. The lowest BCUT2D eigenvalue weighted by Gasteiger charge is -2.42. The number of carbonyl (C=O) groups is 1. The molecular weight excluding hydrogens is 228 g/mol. The van der Waals surface area contributed by atoms with Crippen LogP contribution >= 0.6 is 0 Å². The Labute approximate surface area is 108 Å². The van der Waals surface area contributed by atoms with Crippen LogP contribution in [0.25, 0.3) is 0 Å². The smallest absolute Gasteiger partial charge is 0.271 e. The predicted octanol–water partition coefficient (Wildman–Crippen LogP) is 2.57. The number of para-hydroxylation sites is 1. The number of rotatable bonds is 3. The Morgan fingerprint density at radius 1 is 1.28 bits per heavy atom. The van der Waals surface area contributed by atoms with E-state index in [1.54, 1.807) is 11.0 Å². The van der Waals surface area contributed by atoms with Gasteiger partial charge >= 0.3 is 0 Å². The maximum absolute atomic E-state index is 12.6. The quantitative estimate of drug-likeness (QED) is 0.836. The van der Waals surface area contributed by atoms with Crippen LogP contribution in [0, 0.1) is 0 Å². The van der Waals surface area contributed by atoms with Gasteiger partial charge in [0.15, 0.2) is 5.60 Å². The number of carbonyl (C=O) groups excluding carboxylic acids is 1. The van der Waals surface area contributed by atoms with Crippen molar-refractivity contribution in [1.82, 2.24) is 0 Å². The monoisotopic (exact) mass is 248 g/mol. The lowest BCUT2D eigenvalue weighted by Crippen LogP contribution is -2.55. The second-order valence-electron chi connectivity index (χ2n) is 4.55. The number of hydrogen-bond acceptors (Lipinski definition) is 3. The van der Waals surface area contributed by atoms with Crippen LogP contribution < -0.4 is 15.4 Å². The van der Waals surface area contributed by atoms with E-state index in [9.17, 15) is 4.79 Å². The highest BCUT2D eigenvalue weighted by molar-refractivity contribution is 6.05. The van der Waals surface area contributed by atoms with Gasteiger partial charge in [-0.05, 0) is 31.9 Å². The summed E-state index contributed by atoms with van der Waals surface area (Å²) in [5.74, 6) is 0.723. The molecule has 0 aromatic heterocycles. The van der Waals surface area contributed by atoms with Gasteiger partial charge < -0.3 is 15.4 Å². The Hall–Kier alpha value is -1.71. The molecule has 0 spiro atoms. The molecule has 18 heavy (non-hydrogen) atoms. The fraction of sp³-hybridized carbons (Fsp3) is 0.500. The van der Waals surface area contributed by atoms with E-state index in [0.29, 0.717) is 36.5 Å². The highest BCUT2D eigenvalue weighted by atomic mass is 16.5. The third-order valence-electron chi connectivity index (χ3n) is 3.70. The summed E-state index contributed by atoms with van der Waals surface area (Å²) >= 11 is 0. The van der Waals surface area contributed by atoms with E-state index in [0.717, 1.165) is 0 Å². The van der Waals surface area contributed by atoms with E-state index < -0.39 is 5.60 Å². The Bertz CT molecular complexity index is 467. The van der Waals surface area contributed by atoms with Crippen LogP contribution in [0.3, 0.4) is 0 Å². The number of anilines is 2. The number of nitrogen functional groups attached to an aromatic ring is 1. The van der Waals surface area contributed by atoms with Crippen LogP contribution in [-0.4, -0.2) is 18.1 Å². The van der Waals surface area contributed by atoms with E-state index in [-0.39, 0.29) is 5.91 Å². The molecule has 1 aromatic rings. The number of amides is 1. The van der Waals surface area contributed by atoms with Gasteiger partial charge in [-0.15, -0.1) is 0 Å². The maximum Gasteiger partial charge on any atom is 0.271 e. The molecule has 1 aromatic carbocycles. The lowest BCUT2D eigenvalue weighted by molar-refractivity contribution is -0.136. The van der Waals surface area contributed by atoms with Crippen molar-refractivity contribution >= 4 is 17.3 Å². The molecule has 0 bridgehead atoms. The van der Waals surface area contributed by atoms with Crippen molar-refractivity contribution in [3.05, 3.63) is 18.2 Å². The number of nitrogens with two attached hydrogens (primary N) is 1. The van der Waals surface area contributed by atoms with E-state index in [1.807, 2.05) is 32.9 Å². The summed E-state index contributed by atoms with van der Waals surface area (Å²) in [6.45, 7) is 6.51. The van der Waals surface area contributed by atoms with Gasteiger partial charge in [0.1, 0.15) is 11.4 Å². The van der Waals surface area contributed by atoms with E-state index in [2.05, 4.69) is 0 Å². The van der Waals surface area contributed by atoms with Gasteiger partial charge in [0.25, 0.3) is 5.91 Å². The lowest BCUT2D eigenvalue weighted by atomic mass is 9.92. The van der Waals surface area contributed by atoms with Gasteiger partial charge in [-0.3, -0.25) is 4.79 Å². The third-order valence-corrected chi connectivity index (χ3v) is 3.70. The Morgan fingerprint density at radius 3 is 2.50 bits per heavy atom. The number of nitrogens with zero attached hydrogens (tertiary/aromatic N) is 1. The summed E-state index contributed by atoms with van der Waals surface area (Å²) in [6, 6.07) is 5.53. The van der Waals surface area contributed by atoms with Crippen LogP contribution in [0.2, 0.25) is 0 Å². The van der Waals surface area contributed by atoms with Gasteiger partial charge in [-0.25, -0.2) is 0 Å². The fourth-order valence-electron chi connectivity index (χ4n) is 2.51. The van der Waals surface area contributed by atoms with Gasteiger partial charge in [0.05, 0.1) is 5.69 Å². The SMILES string of the molecule is CCN1C(=O)C(CC)(CC)Oc2cccc(N)c21. The van der Waals surface area contributed by atoms with Crippen molar-refractivity contribution in [2.75, 3.05) is 17.2 Å². The Morgan fingerprint density at radius 2 is 1.94 bits per heavy atom. The van der Waals surface area contributed by atoms with Crippen LogP contribution in [0.1, 0.15) is 33.6 Å². The number of ether oxygens (including phenoxy) is 1. The summed E-state index contributed by atoms with van der Waals surface area (Å²) < 4.78 is 5.97. The first kappa shape index (κ1) is 12.7. The normalized spacial score (nSPS) is 17.3. The molecule has 1 aliphatic rings. The number of likely N-dealkylation sites (N-methyl/N-ethyl adjacent to an activating group) is 1. The molecule has 0 saturated heterocycles. The predicted molar refractivity (Wildman–Crippen MR) is 72.8 cm³/mol. The van der Waals surface area contributed by atoms with Gasteiger partial charge in [-0.2, -0.15) is 0 Å².